The highest BCUT2D eigenvalue weighted by Crippen LogP contribution is 2.22. The van der Waals surface area contributed by atoms with Gasteiger partial charge in [0.15, 0.2) is 0 Å². The first-order valence-electron chi connectivity index (χ1n) is 6.67. The molecule has 0 fully saturated rings. The highest BCUT2D eigenvalue weighted by Gasteiger charge is 2.15. The van der Waals surface area contributed by atoms with Gasteiger partial charge in [-0.25, -0.2) is 0 Å². The van der Waals surface area contributed by atoms with E-state index in [0.717, 1.165) is 25.2 Å². The highest BCUT2D eigenvalue weighted by atomic mass is 35.5. The number of hydrogen-bond acceptors (Lipinski definition) is 4. The van der Waals surface area contributed by atoms with Crippen molar-refractivity contribution in [3.63, 3.8) is 0 Å². The average molecular weight is 308 g/mol. The number of nitrogens with zero attached hydrogens (tertiary/aromatic N) is 2. The van der Waals surface area contributed by atoms with Gasteiger partial charge in [0.05, 0.1) is 5.69 Å². The van der Waals surface area contributed by atoms with Crippen molar-refractivity contribution in [1.29, 1.82) is 0 Å². The number of amides is 1. The molecule has 0 unspecified atom stereocenters. The second-order valence-electron chi connectivity index (χ2n) is 5.26. The molecule has 0 spiro atoms. The third-order valence-electron chi connectivity index (χ3n) is 3.52. The summed E-state index contributed by atoms with van der Waals surface area (Å²) >= 11 is 0. The normalized spacial score (nSPS) is 14.2. The van der Waals surface area contributed by atoms with E-state index in [9.17, 15) is 4.79 Å². The predicted octanol–water partition coefficient (Wildman–Crippen LogP) is 2.65. The van der Waals surface area contributed by atoms with Gasteiger partial charge in [-0.05, 0) is 43.7 Å². The van der Waals surface area contributed by atoms with Gasteiger partial charge in [-0.15, -0.1) is 12.4 Å². The number of nitrogens with one attached hydrogen (secondary N) is 1. The van der Waals surface area contributed by atoms with Gasteiger partial charge in [0, 0.05) is 24.8 Å². The first-order valence-corrected chi connectivity index (χ1v) is 6.67. The minimum atomic E-state index is -0.269. The summed E-state index contributed by atoms with van der Waals surface area (Å²) in [6.45, 7) is 3.78. The molecule has 0 radical (unpaired) electrons. The van der Waals surface area contributed by atoms with E-state index in [0.29, 0.717) is 5.69 Å². The molecule has 3 rings (SSSR count). The molecular weight excluding hydrogens is 290 g/mol. The van der Waals surface area contributed by atoms with Gasteiger partial charge in [-0.1, -0.05) is 11.2 Å². The maximum atomic E-state index is 12.0. The summed E-state index contributed by atoms with van der Waals surface area (Å²) in [5.41, 5.74) is 4.11. The van der Waals surface area contributed by atoms with Crippen molar-refractivity contribution < 1.29 is 9.32 Å². The lowest BCUT2D eigenvalue weighted by Crippen LogP contribution is -2.26. The Morgan fingerprint density at radius 2 is 2.14 bits per heavy atom. The molecule has 112 valence electrons. The molecule has 2 aromatic rings. The monoisotopic (exact) mass is 307 g/mol. The topological polar surface area (TPSA) is 58.4 Å². The number of rotatable bonds is 2. The van der Waals surface area contributed by atoms with Crippen molar-refractivity contribution in [2.75, 3.05) is 18.9 Å². The molecular formula is C15H18ClN3O2. The summed E-state index contributed by atoms with van der Waals surface area (Å²) in [5.74, 6) is -0.0351. The highest BCUT2D eigenvalue weighted by molar-refractivity contribution is 6.02. The van der Waals surface area contributed by atoms with Crippen LogP contribution in [0, 0.1) is 6.92 Å². The van der Waals surface area contributed by atoms with Gasteiger partial charge in [0.1, 0.15) is 0 Å². The van der Waals surface area contributed by atoms with Gasteiger partial charge < -0.3 is 14.7 Å². The number of anilines is 1. The third-order valence-corrected chi connectivity index (χ3v) is 3.52. The Kier molecular flexibility index (Phi) is 4.65. The number of halogens is 1. The molecule has 5 nitrogen and oxygen atoms in total. The van der Waals surface area contributed by atoms with Crippen LogP contribution in [0.1, 0.15) is 27.4 Å². The van der Waals surface area contributed by atoms with E-state index in [-0.39, 0.29) is 24.1 Å². The standard InChI is InChI=1S/C15H17N3O2.ClH/c1-10-7-14(20-17-10)15(19)16-13-4-3-11-5-6-18(2)9-12(11)8-13;/h3-4,7-8H,5-6,9H2,1-2H3,(H,16,19);1H. The maximum absolute atomic E-state index is 12.0. The minimum Gasteiger partial charge on any atom is -0.351 e. The molecule has 1 N–H and O–H groups in total. The smallest absolute Gasteiger partial charge is 0.294 e. The van der Waals surface area contributed by atoms with Gasteiger partial charge in [0.25, 0.3) is 5.91 Å². The van der Waals surface area contributed by atoms with E-state index in [4.69, 9.17) is 4.52 Å². The van der Waals surface area contributed by atoms with Crippen LogP contribution in [0.3, 0.4) is 0 Å². The molecule has 0 bridgehead atoms. The lowest BCUT2D eigenvalue weighted by atomic mass is 9.99. The molecule has 1 aromatic heterocycles. The van der Waals surface area contributed by atoms with Gasteiger partial charge in [-0.2, -0.15) is 0 Å². The van der Waals surface area contributed by atoms with Crippen LogP contribution in [-0.2, 0) is 13.0 Å². The number of aryl methyl sites for hydroxylation is 1. The van der Waals surface area contributed by atoms with Crippen molar-refractivity contribution in [2.45, 2.75) is 19.9 Å². The fourth-order valence-corrected chi connectivity index (χ4v) is 2.44. The van der Waals surface area contributed by atoms with Crippen molar-refractivity contribution in [1.82, 2.24) is 10.1 Å². The number of carbonyl (C=O) groups is 1. The number of likely N-dealkylation sites (N-methyl/N-ethyl adjacent to an activating group) is 1. The second kappa shape index (κ2) is 6.28. The first-order chi connectivity index (χ1) is 9.61. The quantitative estimate of drug-likeness (QED) is 0.926. The van der Waals surface area contributed by atoms with Crippen LogP contribution >= 0.6 is 12.4 Å². The fourth-order valence-electron chi connectivity index (χ4n) is 2.44. The molecule has 0 saturated heterocycles. The predicted molar refractivity (Wildman–Crippen MR) is 82.9 cm³/mol. The lowest BCUT2D eigenvalue weighted by molar-refractivity contribution is 0.0988. The van der Waals surface area contributed by atoms with E-state index >= 15 is 0 Å². The van der Waals surface area contributed by atoms with E-state index < -0.39 is 0 Å². The molecule has 21 heavy (non-hydrogen) atoms. The van der Waals surface area contributed by atoms with Crippen LogP contribution in [0.25, 0.3) is 0 Å². The summed E-state index contributed by atoms with van der Waals surface area (Å²) in [7, 11) is 2.10. The molecule has 6 heteroatoms. The molecule has 0 atom stereocenters. The Hall–Kier alpha value is -1.85. The second-order valence-corrected chi connectivity index (χ2v) is 5.26. The summed E-state index contributed by atoms with van der Waals surface area (Å²) in [5, 5.41) is 6.56. The maximum Gasteiger partial charge on any atom is 0.294 e. The lowest BCUT2D eigenvalue weighted by Gasteiger charge is -2.25. The molecule has 0 aliphatic carbocycles. The Balaban J connectivity index is 0.00000161. The van der Waals surface area contributed by atoms with Crippen LogP contribution in [0.2, 0.25) is 0 Å². The summed E-state index contributed by atoms with van der Waals surface area (Å²) in [4.78, 5) is 14.3. The minimum absolute atomic E-state index is 0. The van der Waals surface area contributed by atoms with Crippen LogP contribution in [-0.4, -0.2) is 29.6 Å². The summed E-state index contributed by atoms with van der Waals surface area (Å²) in [6.07, 6.45) is 1.06. The third kappa shape index (κ3) is 3.43. The van der Waals surface area contributed by atoms with E-state index in [1.54, 1.807) is 13.0 Å². The molecule has 0 saturated carbocycles. The van der Waals surface area contributed by atoms with Crippen LogP contribution < -0.4 is 5.32 Å². The van der Waals surface area contributed by atoms with Crippen LogP contribution in [0.5, 0.6) is 0 Å². The zero-order chi connectivity index (χ0) is 14.1. The fraction of sp³-hybridized carbons (Fsp3) is 0.333. The Bertz CT molecular complexity index is 654. The van der Waals surface area contributed by atoms with Crippen molar-refractivity contribution >= 4 is 24.0 Å². The van der Waals surface area contributed by atoms with Gasteiger partial charge >= 0.3 is 0 Å². The number of carbonyl (C=O) groups excluding carboxylic acids is 1. The van der Waals surface area contributed by atoms with E-state index in [1.165, 1.54) is 11.1 Å². The zero-order valence-corrected chi connectivity index (χ0v) is 12.9. The zero-order valence-electron chi connectivity index (χ0n) is 12.0. The largest absolute Gasteiger partial charge is 0.351 e. The Morgan fingerprint density at radius 3 is 2.86 bits per heavy atom. The number of fused-ring (bicyclic) bond motifs is 1. The molecule has 1 aromatic carbocycles. The van der Waals surface area contributed by atoms with Crippen LogP contribution in [0.15, 0.2) is 28.8 Å². The number of benzene rings is 1. The van der Waals surface area contributed by atoms with E-state index in [2.05, 4.69) is 28.5 Å². The van der Waals surface area contributed by atoms with Crippen molar-refractivity contribution in [3.8, 4) is 0 Å². The Morgan fingerprint density at radius 1 is 1.33 bits per heavy atom. The molecule has 1 aliphatic rings. The van der Waals surface area contributed by atoms with Gasteiger partial charge in [0.2, 0.25) is 5.76 Å². The average Bonchev–Trinajstić information content (AvgIpc) is 2.85. The summed E-state index contributed by atoms with van der Waals surface area (Å²) in [6, 6.07) is 7.68. The SMILES string of the molecule is Cc1cc(C(=O)Nc2ccc3c(c2)CN(C)CC3)on1.Cl. The molecule has 1 aliphatic heterocycles. The van der Waals surface area contributed by atoms with Crippen molar-refractivity contribution in [3.05, 3.63) is 46.8 Å². The molecule has 2 heterocycles. The number of aromatic nitrogens is 1. The first kappa shape index (κ1) is 15.5. The molecule has 1 amide bonds. The van der Waals surface area contributed by atoms with Gasteiger partial charge in [-0.3, -0.25) is 4.79 Å². The number of hydrogen-bond donors (Lipinski definition) is 1. The Labute approximate surface area is 129 Å². The van der Waals surface area contributed by atoms with E-state index in [1.807, 2.05) is 12.1 Å². The van der Waals surface area contributed by atoms with Crippen LogP contribution in [0.4, 0.5) is 5.69 Å². The summed E-state index contributed by atoms with van der Waals surface area (Å²) < 4.78 is 4.96. The van der Waals surface area contributed by atoms with Crippen molar-refractivity contribution in [2.24, 2.45) is 0 Å².